The van der Waals surface area contributed by atoms with E-state index in [4.69, 9.17) is 14.2 Å². The quantitative estimate of drug-likeness (QED) is 0.350. The topological polar surface area (TPSA) is 90.9 Å². The summed E-state index contributed by atoms with van der Waals surface area (Å²) in [4.78, 5) is 39.9. The number of carbonyl (C=O) groups excluding carboxylic acids is 3. The van der Waals surface area contributed by atoms with Gasteiger partial charge in [0.25, 0.3) is 5.91 Å². The summed E-state index contributed by atoms with van der Waals surface area (Å²) in [6.07, 6.45) is 2.00. The molecular weight excluding hydrogens is 586 g/mol. The monoisotopic (exact) mass is 621 g/mol. The number of para-hydroxylation sites is 1. The number of ketones is 2. The molecule has 0 saturated carbocycles. The van der Waals surface area contributed by atoms with Crippen LogP contribution in [0.4, 0.5) is 5.69 Å². The SMILES string of the molecule is CCOc1cc(C2C3=C(CC(C)(C)CC3=O)OC3=C2C(=O)CC(C)(C)C3)cc(Br)c1OCC(=O)Nc1ccccc1. The molecule has 1 N–H and O–H groups in total. The van der Waals surface area contributed by atoms with Crippen molar-refractivity contribution in [2.24, 2.45) is 10.8 Å². The zero-order chi connectivity index (χ0) is 29.5. The molecule has 0 fully saturated rings. The molecule has 0 radical (unpaired) electrons. The molecule has 0 spiro atoms. The van der Waals surface area contributed by atoms with Gasteiger partial charge in [0.1, 0.15) is 11.5 Å². The van der Waals surface area contributed by atoms with E-state index in [-0.39, 0.29) is 34.9 Å². The molecule has 2 aromatic carbocycles. The number of hydrogen-bond acceptors (Lipinski definition) is 6. The maximum absolute atomic E-state index is 13.6. The van der Waals surface area contributed by atoms with Gasteiger partial charge in [-0.15, -0.1) is 0 Å². The van der Waals surface area contributed by atoms with E-state index < -0.39 is 5.92 Å². The number of hydrogen-bond donors (Lipinski definition) is 1. The van der Waals surface area contributed by atoms with E-state index >= 15 is 0 Å². The molecule has 1 aliphatic heterocycles. The molecule has 7 nitrogen and oxygen atoms in total. The predicted molar refractivity (Wildman–Crippen MR) is 160 cm³/mol. The number of halogens is 1. The third-order valence-corrected chi connectivity index (χ3v) is 8.24. The lowest BCUT2D eigenvalue weighted by atomic mass is 9.65. The summed E-state index contributed by atoms with van der Waals surface area (Å²) >= 11 is 3.62. The normalized spacial score (nSPS) is 19.8. The number of anilines is 1. The first kappa shape index (κ1) is 29.1. The molecule has 41 heavy (non-hydrogen) atoms. The Kier molecular flexibility index (Phi) is 7.90. The highest BCUT2D eigenvalue weighted by Crippen LogP contribution is 2.54. The van der Waals surface area contributed by atoms with E-state index in [1.807, 2.05) is 37.3 Å². The molecule has 2 aliphatic carbocycles. The van der Waals surface area contributed by atoms with E-state index in [1.54, 1.807) is 12.1 Å². The Morgan fingerprint density at radius 1 is 0.927 bits per heavy atom. The summed E-state index contributed by atoms with van der Waals surface area (Å²) < 4.78 is 18.9. The molecular formula is C33H36BrNO6. The minimum absolute atomic E-state index is 0.00238. The first-order valence-electron chi connectivity index (χ1n) is 14.0. The smallest absolute Gasteiger partial charge is 0.262 e. The molecule has 0 saturated heterocycles. The Morgan fingerprint density at radius 2 is 1.51 bits per heavy atom. The van der Waals surface area contributed by atoms with Crippen molar-refractivity contribution in [3.63, 3.8) is 0 Å². The van der Waals surface area contributed by atoms with E-state index in [1.165, 1.54) is 0 Å². The molecule has 0 atom stereocenters. The average Bonchev–Trinajstić information content (AvgIpc) is 2.86. The highest BCUT2D eigenvalue weighted by molar-refractivity contribution is 9.10. The van der Waals surface area contributed by atoms with Crippen LogP contribution < -0.4 is 14.8 Å². The van der Waals surface area contributed by atoms with Gasteiger partial charge in [-0.2, -0.15) is 0 Å². The fourth-order valence-electron chi connectivity index (χ4n) is 6.02. The Bertz CT molecular complexity index is 1420. The fraction of sp³-hybridized carbons (Fsp3) is 0.424. The molecule has 5 rings (SSSR count). The number of allylic oxidation sites excluding steroid dienone is 4. The Labute approximate surface area is 249 Å². The zero-order valence-electron chi connectivity index (χ0n) is 24.2. The summed E-state index contributed by atoms with van der Waals surface area (Å²) in [6.45, 7) is 10.3. The minimum atomic E-state index is -0.563. The zero-order valence-corrected chi connectivity index (χ0v) is 25.8. The van der Waals surface area contributed by atoms with Crippen LogP contribution in [0.25, 0.3) is 0 Å². The number of nitrogens with one attached hydrogen (secondary N) is 1. The first-order chi connectivity index (χ1) is 19.4. The van der Waals surface area contributed by atoms with Gasteiger partial charge in [-0.25, -0.2) is 0 Å². The second kappa shape index (κ2) is 11.1. The molecule has 1 amide bonds. The van der Waals surface area contributed by atoms with E-state index in [2.05, 4.69) is 48.9 Å². The predicted octanol–water partition coefficient (Wildman–Crippen LogP) is 7.27. The maximum Gasteiger partial charge on any atom is 0.262 e. The number of carbonyl (C=O) groups is 3. The number of amides is 1. The summed E-state index contributed by atoms with van der Waals surface area (Å²) in [6, 6.07) is 12.8. The van der Waals surface area contributed by atoms with Crippen molar-refractivity contribution in [3.05, 3.63) is 75.2 Å². The molecule has 216 valence electrons. The lowest BCUT2D eigenvalue weighted by Gasteiger charge is -2.42. The third-order valence-electron chi connectivity index (χ3n) is 7.65. The largest absolute Gasteiger partial charge is 0.490 e. The Morgan fingerprint density at radius 3 is 2.07 bits per heavy atom. The van der Waals surface area contributed by atoms with Crippen LogP contribution in [0, 0.1) is 10.8 Å². The van der Waals surface area contributed by atoms with Crippen LogP contribution in [0.5, 0.6) is 11.5 Å². The van der Waals surface area contributed by atoms with Crippen molar-refractivity contribution in [3.8, 4) is 11.5 Å². The molecule has 0 bridgehead atoms. The van der Waals surface area contributed by atoms with Crippen LogP contribution in [-0.4, -0.2) is 30.7 Å². The van der Waals surface area contributed by atoms with Crippen LogP contribution in [0.2, 0.25) is 0 Å². The fourth-order valence-corrected chi connectivity index (χ4v) is 6.60. The number of benzene rings is 2. The number of Topliss-reactive ketones (excluding diaryl/α,β-unsaturated/α-hetero) is 2. The first-order valence-corrected chi connectivity index (χ1v) is 14.8. The summed E-state index contributed by atoms with van der Waals surface area (Å²) in [5.74, 6) is 1.24. The lowest BCUT2D eigenvalue weighted by molar-refractivity contribution is -0.120. The van der Waals surface area contributed by atoms with Gasteiger partial charge >= 0.3 is 0 Å². The second-order valence-corrected chi connectivity index (χ2v) is 13.4. The van der Waals surface area contributed by atoms with E-state index in [9.17, 15) is 14.4 Å². The van der Waals surface area contributed by atoms with Crippen molar-refractivity contribution in [2.45, 2.75) is 66.2 Å². The van der Waals surface area contributed by atoms with Crippen LogP contribution >= 0.6 is 15.9 Å². The summed E-state index contributed by atoms with van der Waals surface area (Å²) in [5, 5.41) is 2.81. The molecule has 0 unspecified atom stereocenters. The van der Waals surface area contributed by atoms with Crippen LogP contribution in [-0.2, 0) is 19.1 Å². The lowest BCUT2D eigenvalue weighted by Crippen LogP contribution is -2.37. The highest BCUT2D eigenvalue weighted by atomic mass is 79.9. The Hall–Kier alpha value is -3.39. The second-order valence-electron chi connectivity index (χ2n) is 12.6. The van der Waals surface area contributed by atoms with E-state index in [0.29, 0.717) is 76.6 Å². The van der Waals surface area contributed by atoms with Gasteiger partial charge in [0.05, 0.1) is 11.1 Å². The van der Waals surface area contributed by atoms with Gasteiger partial charge in [0.2, 0.25) is 0 Å². The van der Waals surface area contributed by atoms with Crippen LogP contribution in [0.1, 0.15) is 71.8 Å². The van der Waals surface area contributed by atoms with Crippen molar-refractivity contribution < 1.29 is 28.6 Å². The summed E-state index contributed by atoms with van der Waals surface area (Å²) in [7, 11) is 0. The number of ether oxygens (including phenoxy) is 3. The molecule has 0 aromatic heterocycles. The molecule has 8 heteroatoms. The van der Waals surface area contributed by atoms with Crippen molar-refractivity contribution in [1.29, 1.82) is 0 Å². The molecule has 3 aliphatic rings. The van der Waals surface area contributed by atoms with Crippen molar-refractivity contribution >= 4 is 39.1 Å². The highest BCUT2D eigenvalue weighted by Gasteiger charge is 2.48. The van der Waals surface area contributed by atoms with Crippen LogP contribution in [0.3, 0.4) is 0 Å². The van der Waals surface area contributed by atoms with Gasteiger partial charge in [-0.1, -0.05) is 45.9 Å². The molecule has 1 heterocycles. The van der Waals surface area contributed by atoms with Gasteiger partial charge in [0, 0.05) is 48.4 Å². The van der Waals surface area contributed by atoms with Crippen LogP contribution in [0.15, 0.2) is 69.6 Å². The van der Waals surface area contributed by atoms with E-state index in [0.717, 1.165) is 5.56 Å². The van der Waals surface area contributed by atoms with Crippen molar-refractivity contribution in [2.75, 3.05) is 18.5 Å². The maximum atomic E-state index is 13.6. The van der Waals surface area contributed by atoms with Crippen molar-refractivity contribution in [1.82, 2.24) is 0 Å². The number of rotatable bonds is 7. The van der Waals surface area contributed by atoms with Gasteiger partial charge in [-0.05, 0) is 63.5 Å². The minimum Gasteiger partial charge on any atom is -0.490 e. The molecule has 2 aromatic rings. The average molecular weight is 623 g/mol. The Balaban J connectivity index is 1.53. The standard InChI is InChI=1S/C33H36BrNO6/c1-6-39-24-13-19(12-21(34)31(24)40-18-27(38)35-20-10-8-7-9-11-20)28-29-22(36)14-32(2,3)16-25(29)41-26-17-33(4,5)15-23(37)30(26)28/h7-13,28H,6,14-18H2,1-5H3,(H,35,38). The summed E-state index contributed by atoms with van der Waals surface area (Å²) in [5.41, 5.74) is 2.06. The van der Waals surface area contributed by atoms with Gasteiger partial charge in [-0.3, -0.25) is 14.4 Å². The van der Waals surface area contributed by atoms with Gasteiger partial charge < -0.3 is 19.5 Å². The third kappa shape index (κ3) is 6.13. The van der Waals surface area contributed by atoms with Gasteiger partial charge in [0.15, 0.2) is 29.7 Å².